The molecule has 1 aliphatic carbocycles. The highest BCUT2D eigenvalue weighted by Gasteiger charge is 2.26. The van der Waals surface area contributed by atoms with Crippen molar-refractivity contribution in [3.63, 3.8) is 0 Å². The summed E-state index contributed by atoms with van der Waals surface area (Å²) in [5, 5.41) is 3.08. The van der Waals surface area contributed by atoms with E-state index in [0.29, 0.717) is 42.5 Å². The molecule has 0 unspecified atom stereocenters. The van der Waals surface area contributed by atoms with Gasteiger partial charge in [-0.05, 0) is 119 Å². The summed E-state index contributed by atoms with van der Waals surface area (Å²) in [4.78, 5) is 34.7. The summed E-state index contributed by atoms with van der Waals surface area (Å²) in [5.74, 6) is -0.451. The van der Waals surface area contributed by atoms with Crippen LogP contribution in [0.3, 0.4) is 0 Å². The van der Waals surface area contributed by atoms with Gasteiger partial charge in [0, 0.05) is 80.1 Å². The molecule has 2 atom stereocenters. The molecule has 268 valence electrons. The van der Waals surface area contributed by atoms with E-state index in [1.807, 2.05) is 44.2 Å². The Balaban J connectivity index is 1.27. The quantitative estimate of drug-likeness (QED) is 0.231. The number of nitrogens with one attached hydrogen (secondary N) is 2. The number of morpholine rings is 1. The highest BCUT2D eigenvalue weighted by Crippen LogP contribution is 2.31. The fourth-order valence-corrected chi connectivity index (χ4v) is 8.11. The number of amides is 1. The van der Waals surface area contributed by atoms with Crippen molar-refractivity contribution in [3.05, 3.63) is 96.7 Å². The topological polar surface area (TPSA) is 86.9 Å². The minimum atomic E-state index is -0.229. The van der Waals surface area contributed by atoms with E-state index in [-0.39, 0.29) is 36.0 Å². The molecular formula is C41H53FN4O4. The Morgan fingerprint density at radius 3 is 2.46 bits per heavy atom. The molecule has 3 heterocycles. The molecular weight excluding hydrogens is 631 g/mol. The zero-order chi connectivity index (χ0) is 35.4. The van der Waals surface area contributed by atoms with Crippen LogP contribution in [0.4, 0.5) is 10.1 Å². The van der Waals surface area contributed by atoms with E-state index in [1.54, 1.807) is 6.07 Å². The molecule has 8 nitrogen and oxygen atoms in total. The lowest BCUT2D eigenvalue weighted by atomic mass is 9.90. The van der Waals surface area contributed by atoms with Crippen molar-refractivity contribution in [2.45, 2.75) is 104 Å². The molecule has 6 rings (SSSR count). The normalized spacial score (nSPS) is 20.2. The standard InChI is InChI=1S/C41H53FN4O4/c1-6-46(33-15-17-49-18-16-33)39-21-31(12-11-30-13-14-32(37(42)20-30)25-45-23-26(2)50-27(3)24-45)19-35(29(39)5)40(47)43-22-36-28(4)34-9-7-8-10-38(34)44-41(36)48/h11-14,19-21,26-27,33H,6-10,15-18,22-25H2,1-5H3,(H,43,47)(H,44,48)/b12-11+/t26-,27+. The SMILES string of the molecule is CCN(c1cc(/C=C/c2ccc(CN3C[C@@H](C)O[C@@H](C)C3)c(F)c2)cc(C(=O)NCc2c(C)c3c([nH]c2=O)CCCC3)c1C)C1CCOCC1. The van der Waals surface area contributed by atoms with Gasteiger partial charge in [-0.25, -0.2) is 4.39 Å². The lowest BCUT2D eigenvalue weighted by Gasteiger charge is -2.36. The van der Waals surface area contributed by atoms with E-state index in [9.17, 15) is 9.59 Å². The highest BCUT2D eigenvalue weighted by molar-refractivity contribution is 5.98. The molecule has 1 aromatic heterocycles. The molecule has 0 bridgehead atoms. The van der Waals surface area contributed by atoms with Crippen molar-refractivity contribution in [2.24, 2.45) is 0 Å². The Morgan fingerprint density at radius 1 is 1.02 bits per heavy atom. The summed E-state index contributed by atoms with van der Waals surface area (Å²) < 4.78 is 26.9. The third-order valence-electron chi connectivity index (χ3n) is 10.7. The van der Waals surface area contributed by atoms with Gasteiger partial charge in [-0.2, -0.15) is 0 Å². The second kappa shape index (κ2) is 16.0. The molecule has 0 spiro atoms. The molecule has 2 saturated heterocycles. The molecule has 9 heteroatoms. The summed E-state index contributed by atoms with van der Waals surface area (Å²) in [5.41, 5.74) is 8.48. The summed E-state index contributed by atoms with van der Waals surface area (Å²) in [6, 6.07) is 9.74. The first kappa shape index (κ1) is 36.0. The Bertz CT molecular complexity index is 1770. The molecule has 2 fully saturated rings. The third kappa shape index (κ3) is 8.22. The predicted molar refractivity (Wildman–Crippen MR) is 198 cm³/mol. The smallest absolute Gasteiger partial charge is 0.253 e. The van der Waals surface area contributed by atoms with E-state index in [1.165, 1.54) is 5.56 Å². The number of ether oxygens (including phenoxy) is 2. The van der Waals surface area contributed by atoms with Gasteiger partial charge in [0.1, 0.15) is 5.82 Å². The van der Waals surface area contributed by atoms with E-state index in [4.69, 9.17) is 9.47 Å². The second-order valence-electron chi connectivity index (χ2n) is 14.4. The minimum absolute atomic E-state index is 0.124. The summed E-state index contributed by atoms with van der Waals surface area (Å²) in [6.45, 7) is 14.7. The van der Waals surface area contributed by atoms with E-state index in [2.05, 4.69) is 46.9 Å². The van der Waals surface area contributed by atoms with Crippen LogP contribution in [0.15, 0.2) is 35.1 Å². The number of halogens is 1. The van der Waals surface area contributed by atoms with Crippen molar-refractivity contribution in [1.82, 2.24) is 15.2 Å². The van der Waals surface area contributed by atoms with Crippen molar-refractivity contribution >= 4 is 23.7 Å². The number of aromatic amines is 1. The summed E-state index contributed by atoms with van der Waals surface area (Å²) in [6.07, 6.45) is 9.99. The van der Waals surface area contributed by atoms with Crippen LogP contribution in [0.25, 0.3) is 12.2 Å². The summed E-state index contributed by atoms with van der Waals surface area (Å²) >= 11 is 0. The highest BCUT2D eigenvalue weighted by atomic mass is 19.1. The van der Waals surface area contributed by atoms with Crippen molar-refractivity contribution in [2.75, 3.05) is 37.7 Å². The molecule has 1 amide bonds. The van der Waals surface area contributed by atoms with Gasteiger partial charge in [-0.3, -0.25) is 14.5 Å². The molecule has 0 saturated carbocycles. The zero-order valence-electron chi connectivity index (χ0n) is 30.4. The van der Waals surface area contributed by atoms with Crippen LogP contribution >= 0.6 is 0 Å². The van der Waals surface area contributed by atoms with Crippen LogP contribution in [-0.2, 0) is 35.4 Å². The zero-order valence-corrected chi connectivity index (χ0v) is 30.4. The molecule has 0 radical (unpaired) electrons. The van der Waals surface area contributed by atoms with Crippen LogP contribution in [-0.4, -0.2) is 66.9 Å². The minimum Gasteiger partial charge on any atom is -0.381 e. The van der Waals surface area contributed by atoms with Crippen molar-refractivity contribution in [1.29, 1.82) is 0 Å². The monoisotopic (exact) mass is 684 g/mol. The largest absolute Gasteiger partial charge is 0.381 e. The number of rotatable bonds is 10. The van der Waals surface area contributed by atoms with E-state index in [0.717, 1.165) is 91.8 Å². The third-order valence-corrected chi connectivity index (χ3v) is 10.7. The van der Waals surface area contributed by atoms with Crippen LogP contribution in [0, 0.1) is 19.7 Å². The second-order valence-corrected chi connectivity index (χ2v) is 14.4. The lowest BCUT2D eigenvalue weighted by molar-refractivity contribution is -0.0707. The van der Waals surface area contributed by atoms with E-state index < -0.39 is 0 Å². The molecule has 2 aliphatic heterocycles. The number of carbonyl (C=O) groups is 1. The van der Waals surface area contributed by atoms with Gasteiger partial charge in [-0.1, -0.05) is 24.3 Å². The Labute approximate surface area is 296 Å². The first-order valence-electron chi connectivity index (χ1n) is 18.5. The fraction of sp³-hybridized carbons (Fsp3) is 0.512. The average Bonchev–Trinajstić information content (AvgIpc) is 3.09. The van der Waals surface area contributed by atoms with Gasteiger partial charge in [0.2, 0.25) is 0 Å². The number of benzene rings is 2. The van der Waals surface area contributed by atoms with Crippen LogP contribution in [0.2, 0.25) is 0 Å². The lowest BCUT2D eigenvalue weighted by Crippen LogP contribution is -2.44. The number of aromatic nitrogens is 1. The number of fused-ring (bicyclic) bond motifs is 1. The number of nitrogens with zero attached hydrogens (tertiary/aromatic N) is 2. The number of hydrogen-bond acceptors (Lipinski definition) is 6. The molecule has 2 N–H and O–H groups in total. The van der Waals surface area contributed by atoms with Gasteiger partial charge >= 0.3 is 0 Å². The Kier molecular flexibility index (Phi) is 11.6. The van der Waals surface area contributed by atoms with Gasteiger partial charge in [0.05, 0.1) is 12.2 Å². The number of hydrogen-bond donors (Lipinski definition) is 2. The van der Waals surface area contributed by atoms with Gasteiger partial charge in [-0.15, -0.1) is 0 Å². The molecule has 2 aromatic carbocycles. The van der Waals surface area contributed by atoms with Crippen LogP contribution in [0.5, 0.6) is 0 Å². The molecule has 3 aliphatic rings. The van der Waals surface area contributed by atoms with Crippen LogP contribution in [0.1, 0.15) is 101 Å². The number of carbonyl (C=O) groups excluding carboxylic acids is 1. The average molecular weight is 685 g/mol. The predicted octanol–water partition coefficient (Wildman–Crippen LogP) is 6.72. The maximum absolute atomic E-state index is 15.4. The first-order valence-corrected chi connectivity index (χ1v) is 18.5. The number of H-pyrrole nitrogens is 1. The van der Waals surface area contributed by atoms with Gasteiger partial charge in [0.15, 0.2) is 0 Å². The first-order chi connectivity index (χ1) is 24.1. The van der Waals surface area contributed by atoms with Gasteiger partial charge in [0.25, 0.3) is 11.5 Å². The fourth-order valence-electron chi connectivity index (χ4n) is 8.11. The maximum Gasteiger partial charge on any atom is 0.253 e. The molecule has 3 aromatic rings. The maximum atomic E-state index is 15.4. The molecule has 50 heavy (non-hydrogen) atoms. The number of anilines is 1. The number of pyridine rings is 1. The van der Waals surface area contributed by atoms with Crippen molar-refractivity contribution in [3.8, 4) is 0 Å². The Hall–Kier alpha value is -3.79. The summed E-state index contributed by atoms with van der Waals surface area (Å²) in [7, 11) is 0. The van der Waals surface area contributed by atoms with Crippen LogP contribution < -0.4 is 15.8 Å². The Morgan fingerprint density at radius 2 is 1.74 bits per heavy atom. The number of aryl methyl sites for hydroxylation is 1. The van der Waals surface area contributed by atoms with E-state index >= 15 is 4.39 Å². The van der Waals surface area contributed by atoms with Crippen molar-refractivity contribution < 1.29 is 18.7 Å². The van der Waals surface area contributed by atoms with Gasteiger partial charge < -0.3 is 24.7 Å².